The minimum atomic E-state index is -0.494. The van der Waals surface area contributed by atoms with E-state index in [2.05, 4.69) is 10.2 Å². The summed E-state index contributed by atoms with van der Waals surface area (Å²) in [6, 6.07) is 3.37. The average molecular weight is 346 g/mol. The number of benzene rings is 1. The van der Waals surface area contributed by atoms with Crippen LogP contribution in [0.5, 0.6) is 5.75 Å². The largest absolute Gasteiger partial charge is 0.507 e. The zero-order chi connectivity index (χ0) is 19.0. The summed E-state index contributed by atoms with van der Waals surface area (Å²) in [5.74, 6) is 0.397. The molecule has 0 saturated heterocycles. The van der Waals surface area contributed by atoms with Gasteiger partial charge in [0.25, 0.3) is 5.89 Å². The van der Waals surface area contributed by atoms with Crippen LogP contribution in [0.1, 0.15) is 74.8 Å². The zero-order valence-corrected chi connectivity index (χ0v) is 15.9. The van der Waals surface area contributed by atoms with E-state index in [4.69, 9.17) is 9.15 Å². The van der Waals surface area contributed by atoms with Crippen LogP contribution in [0.25, 0.3) is 0 Å². The highest BCUT2D eigenvalue weighted by molar-refractivity contribution is 5.90. The third-order valence-electron chi connectivity index (χ3n) is 3.86. The third kappa shape index (κ3) is 4.38. The average Bonchev–Trinajstić information content (AvgIpc) is 2.88. The fourth-order valence-electron chi connectivity index (χ4n) is 2.50. The van der Waals surface area contributed by atoms with Gasteiger partial charge in [0.15, 0.2) is 6.61 Å². The van der Waals surface area contributed by atoms with Gasteiger partial charge in [0, 0.05) is 18.1 Å². The Labute approximate surface area is 148 Å². The Kier molecular flexibility index (Phi) is 4.93. The van der Waals surface area contributed by atoms with Gasteiger partial charge in [-0.3, -0.25) is 0 Å². The summed E-state index contributed by atoms with van der Waals surface area (Å²) in [5, 5.41) is 18.2. The molecule has 0 radical (unpaired) electrons. The number of ether oxygens (including phenoxy) is 1. The molecule has 0 unspecified atom stereocenters. The van der Waals surface area contributed by atoms with E-state index < -0.39 is 5.97 Å². The van der Waals surface area contributed by atoms with Gasteiger partial charge in [-0.05, 0) is 23.0 Å². The maximum Gasteiger partial charge on any atom is 0.338 e. The molecule has 0 saturated carbocycles. The summed E-state index contributed by atoms with van der Waals surface area (Å²) < 4.78 is 10.5. The van der Waals surface area contributed by atoms with Crippen LogP contribution in [0.2, 0.25) is 0 Å². The van der Waals surface area contributed by atoms with Crippen LogP contribution in [-0.4, -0.2) is 21.3 Å². The molecule has 0 spiro atoms. The maximum atomic E-state index is 12.5. The van der Waals surface area contributed by atoms with Crippen molar-refractivity contribution in [3.05, 3.63) is 40.6 Å². The van der Waals surface area contributed by atoms with Gasteiger partial charge >= 0.3 is 5.97 Å². The lowest BCUT2D eigenvalue weighted by molar-refractivity contribution is 0.0436. The summed E-state index contributed by atoms with van der Waals surface area (Å²) >= 11 is 0. The number of nitrogens with zero attached hydrogens (tertiary/aromatic N) is 2. The monoisotopic (exact) mass is 346 g/mol. The first-order valence-corrected chi connectivity index (χ1v) is 8.23. The van der Waals surface area contributed by atoms with Crippen LogP contribution >= 0.6 is 0 Å². The van der Waals surface area contributed by atoms with Gasteiger partial charge in [-0.25, -0.2) is 4.79 Å². The number of esters is 1. The van der Waals surface area contributed by atoms with Crippen LogP contribution in [-0.2, 0) is 22.2 Å². The van der Waals surface area contributed by atoms with Crippen LogP contribution in [0.15, 0.2) is 16.5 Å². The molecule has 2 aromatic rings. The molecular formula is C19H26N2O4. The molecule has 25 heavy (non-hydrogen) atoms. The number of phenolic OH excluding ortho intramolecular Hbond substituents is 1. The molecule has 0 fully saturated rings. The Balaban J connectivity index is 2.37. The SMILES string of the molecule is Cc1nnc(COC(=O)c2cc(C(C)(C)C)c(O)c(C(C)(C)C)c2)o1. The van der Waals surface area contributed by atoms with Crippen molar-refractivity contribution in [2.24, 2.45) is 0 Å². The van der Waals surface area contributed by atoms with Crippen LogP contribution in [0, 0.1) is 6.92 Å². The van der Waals surface area contributed by atoms with Gasteiger partial charge in [-0.1, -0.05) is 41.5 Å². The van der Waals surface area contributed by atoms with Crippen LogP contribution < -0.4 is 0 Å². The van der Waals surface area contributed by atoms with Crippen molar-refractivity contribution in [3.63, 3.8) is 0 Å². The highest BCUT2D eigenvalue weighted by atomic mass is 16.5. The standard InChI is InChI=1S/C19H26N2O4/c1-11-20-21-15(25-11)10-24-17(23)12-8-13(18(2,3)4)16(22)14(9-12)19(5,6)7/h8-9,22H,10H2,1-7H3. The highest BCUT2D eigenvalue weighted by Crippen LogP contribution is 2.39. The minimum absolute atomic E-state index is 0.0871. The van der Waals surface area contributed by atoms with E-state index in [9.17, 15) is 9.90 Å². The van der Waals surface area contributed by atoms with E-state index in [-0.39, 0.29) is 29.1 Å². The number of aryl methyl sites for hydroxylation is 1. The Morgan fingerprint density at radius 3 is 2.00 bits per heavy atom. The molecule has 6 nitrogen and oxygen atoms in total. The molecule has 1 aromatic carbocycles. The molecule has 136 valence electrons. The quantitative estimate of drug-likeness (QED) is 0.844. The molecule has 1 heterocycles. The van der Waals surface area contributed by atoms with Gasteiger partial charge in [0.1, 0.15) is 5.75 Å². The van der Waals surface area contributed by atoms with Crippen molar-refractivity contribution in [2.45, 2.75) is 65.9 Å². The molecule has 0 aliphatic rings. The van der Waals surface area contributed by atoms with Gasteiger partial charge < -0.3 is 14.3 Å². The summed E-state index contributed by atoms with van der Waals surface area (Å²) in [6.07, 6.45) is 0. The number of rotatable bonds is 3. The third-order valence-corrected chi connectivity index (χ3v) is 3.86. The fraction of sp³-hybridized carbons (Fsp3) is 0.526. The lowest BCUT2D eigenvalue weighted by Gasteiger charge is -2.27. The Bertz CT molecular complexity index is 744. The summed E-state index contributed by atoms with van der Waals surface area (Å²) in [4.78, 5) is 12.5. The lowest BCUT2D eigenvalue weighted by atomic mass is 9.78. The molecule has 0 amide bonds. The van der Waals surface area contributed by atoms with Crippen molar-refractivity contribution >= 4 is 5.97 Å². The molecule has 1 N–H and O–H groups in total. The van der Waals surface area contributed by atoms with Crippen LogP contribution in [0.4, 0.5) is 0 Å². The zero-order valence-electron chi connectivity index (χ0n) is 15.9. The first-order chi connectivity index (χ1) is 11.4. The van der Waals surface area contributed by atoms with E-state index in [0.717, 1.165) is 0 Å². The van der Waals surface area contributed by atoms with Crippen LogP contribution in [0.3, 0.4) is 0 Å². The van der Waals surface area contributed by atoms with E-state index in [1.807, 2.05) is 41.5 Å². The molecule has 6 heteroatoms. The second kappa shape index (κ2) is 6.50. The number of carbonyl (C=O) groups excluding carboxylic acids is 1. The number of hydrogen-bond acceptors (Lipinski definition) is 6. The molecule has 1 aromatic heterocycles. The van der Waals surface area contributed by atoms with E-state index in [1.54, 1.807) is 19.1 Å². The van der Waals surface area contributed by atoms with E-state index in [1.165, 1.54) is 0 Å². The topological polar surface area (TPSA) is 85.5 Å². The smallest absolute Gasteiger partial charge is 0.338 e. The maximum absolute atomic E-state index is 12.5. The van der Waals surface area contributed by atoms with E-state index >= 15 is 0 Å². The number of hydrogen-bond donors (Lipinski definition) is 1. The molecule has 0 aliphatic carbocycles. The van der Waals surface area contributed by atoms with Crippen molar-refractivity contribution in [1.82, 2.24) is 10.2 Å². The van der Waals surface area contributed by atoms with Gasteiger partial charge in [-0.15, -0.1) is 10.2 Å². The Hall–Kier alpha value is -2.37. The normalized spacial score (nSPS) is 12.3. The lowest BCUT2D eigenvalue weighted by Crippen LogP contribution is -2.19. The van der Waals surface area contributed by atoms with Crippen molar-refractivity contribution in [1.29, 1.82) is 0 Å². The minimum Gasteiger partial charge on any atom is -0.507 e. The Morgan fingerprint density at radius 1 is 1.08 bits per heavy atom. The number of phenols is 1. The van der Waals surface area contributed by atoms with Crippen molar-refractivity contribution in [3.8, 4) is 5.75 Å². The summed E-state index contributed by atoms with van der Waals surface area (Å²) in [5.41, 5.74) is 1.18. The molecular weight excluding hydrogens is 320 g/mol. The molecule has 0 bridgehead atoms. The second-order valence-corrected chi connectivity index (χ2v) is 8.21. The highest BCUT2D eigenvalue weighted by Gasteiger charge is 2.28. The number of aromatic nitrogens is 2. The van der Waals surface area contributed by atoms with Gasteiger partial charge in [-0.2, -0.15) is 0 Å². The number of aromatic hydroxyl groups is 1. The number of carbonyl (C=O) groups is 1. The predicted molar refractivity (Wildman–Crippen MR) is 93.7 cm³/mol. The molecule has 0 atom stereocenters. The first-order valence-electron chi connectivity index (χ1n) is 8.23. The molecule has 0 aliphatic heterocycles. The summed E-state index contributed by atoms with van der Waals surface area (Å²) in [7, 11) is 0. The fourth-order valence-corrected chi connectivity index (χ4v) is 2.50. The predicted octanol–water partition coefficient (Wildman–Crippen LogP) is 4.04. The molecule has 2 rings (SSSR count). The first kappa shape index (κ1) is 19.0. The van der Waals surface area contributed by atoms with Gasteiger partial charge in [0.2, 0.25) is 5.89 Å². The van der Waals surface area contributed by atoms with Crippen molar-refractivity contribution < 1.29 is 19.1 Å². The summed E-state index contributed by atoms with van der Waals surface area (Å²) in [6.45, 7) is 13.5. The van der Waals surface area contributed by atoms with Gasteiger partial charge in [0.05, 0.1) is 5.56 Å². The van der Waals surface area contributed by atoms with E-state index in [0.29, 0.717) is 22.6 Å². The second-order valence-electron chi connectivity index (χ2n) is 8.21. The van der Waals surface area contributed by atoms with Crippen molar-refractivity contribution in [2.75, 3.05) is 0 Å². The Morgan fingerprint density at radius 2 is 1.60 bits per heavy atom.